The summed E-state index contributed by atoms with van der Waals surface area (Å²) in [6.45, 7) is 6.42. The van der Waals surface area contributed by atoms with Gasteiger partial charge in [-0.2, -0.15) is 5.10 Å². The highest BCUT2D eigenvalue weighted by atomic mass is 79.9. The van der Waals surface area contributed by atoms with Crippen molar-refractivity contribution in [3.05, 3.63) is 33.2 Å². The minimum atomic E-state index is -0.246. The Morgan fingerprint density at radius 1 is 1.81 bits per heavy atom. The zero-order valence-electron chi connectivity index (χ0n) is 8.96. The Bertz CT molecular complexity index is 499. The zero-order valence-corrected chi connectivity index (χ0v) is 10.5. The van der Waals surface area contributed by atoms with Crippen LogP contribution in [-0.4, -0.2) is 16.3 Å². The molecule has 0 spiro atoms. The summed E-state index contributed by atoms with van der Waals surface area (Å²) in [6, 6.07) is 0. The molecule has 0 saturated heterocycles. The van der Waals surface area contributed by atoms with Gasteiger partial charge in [0, 0.05) is 6.54 Å². The predicted octanol–water partition coefficient (Wildman–Crippen LogP) is 1.63. The molecule has 84 valence electrons. The van der Waals surface area contributed by atoms with Crippen LogP contribution >= 0.6 is 15.9 Å². The van der Waals surface area contributed by atoms with Gasteiger partial charge in [-0.15, -0.1) is 6.42 Å². The lowest BCUT2D eigenvalue weighted by Crippen LogP contribution is -2.24. The monoisotopic (exact) mass is 281 g/mol. The number of hydrogen-bond donors (Lipinski definition) is 1. The third-order valence-corrected chi connectivity index (χ3v) is 2.57. The number of nitrogens with one attached hydrogen (secondary N) is 1. The number of hydrogen-bond acceptors (Lipinski definition) is 3. The number of halogens is 1. The molecule has 0 radical (unpaired) electrons. The Morgan fingerprint density at radius 2 is 2.50 bits per heavy atom. The van der Waals surface area contributed by atoms with E-state index in [2.05, 4.69) is 38.8 Å². The maximum absolute atomic E-state index is 11.7. The molecule has 0 aliphatic rings. The highest BCUT2D eigenvalue weighted by molar-refractivity contribution is 9.10. The van der Waals surface area contributed by atoms with Crippen molar-refractivity contribution in [3.63, 3.8) is 0 Å². The molecule has 1 N–H and O–H groups in total. The minimum absolute atomic E-state index is 0.165. The molecular weight excluding hydrogens is 270 g/mol. The van der Waals surface area contributed by atoms with Gasteiger partial charge in [0.25, 0.3) is 5.56 Å². The average Bonchev–Trinajstić information content (AvgIpc) is 2.24. The van der Waals surface area contributed by atoms with Gasteiger partial charge < -0.3 is 5.32 Å². The second-order valence-electron chi connectivity index (χ2n) is 3.35. The van der Waals surface area contributed by atoms with Crippen LogP contribution in [0.4, 0.5) is 5.69 Å². The van der Waals surface area contributed by atoms with E-state index in [4.69, 9.17) is 6.42 Å². The predicted molar refractivity (Wildman–Crippen MR) is 68.3 cm³/mol. The first-order valence-electron chi connectivity index (χ1n) is 4.63. The Labute approximate surface area is 102 Å². The lowest BCUT2D eigenvalue weighted by Gasteiger charge is -2.08. The van der Waals surface area contributed by atoms with Gasteiger partial charge in [-0.05, 0) is 22.9 Å². The molecular formula is C11H12BrN3O. The summed E-state index contributed by atoms with van der Waals surface area (Å²) in [4.78, 5) is 11.7. The molecule has 4 nitrogen and oxygen atoms in total. The first-order valence-corrected chi connectivity index (χ1v) is 5.43. The van der Waals surface area contributed by atoms with Crippen molar-refractivity contribution in [2.45, 2.75) is 13.5 Å². The van der Waals surface area contributed by atoms with Crippen molar-refractivity contribution < 1.29 is 0 Å². The Morgan fingerprint density at radius 3 is 3.06 bits per heavy atom. The Balaban J connectivity index is 2.99. The summed E-state index contributed by atoms with van der Waals surface area (Å²) >= 11 is 3.22. The average molecular weight is 282 g/mol. The Hall–Kier alpha value is -1.54. The van der Waals surface area contributed by atoms with Crippen molar-refractivity contribution in [3.8, 4) is 12.3 Å². The first kappa shape index (κ1) is 12.5. The van der Waals surface area contributed by atoms with Crippen LogP contribution in [0.15, 0.2) is 27.6 Å². The van der Waals surface area contributed by atoms with Crippen LogP contribution < -0.4 is 10.9 Å². The molecule has 0 aliphatic carbocycles. The maximum atomic E-state index is 11.7. The van der Waals surface area contributed by atoms with E-state index in [1.165, 1.54) is 4.68 Å². The van der Waals surface area contributed by atoms with E-state index < -0.39 is 0 Å². The molecule has 16 heavy (non-hydrogen) atoms. The third-order valence-electron chi connectivity index (χ3n) is 1.81. The normalized spacial score (nSPS) is 9.56. The fourth-order valence-electron chi connectivity index (χ4n) is 1.03. The number of aromatic nitrogens is 2. The second-order valence-corrected chi connectivity index (χ2v) is 4.14. The highest BCUT2D eigenvalue weighted by Crippen LogP contribution is 2.15. The van der Waals surface area contributed by atoms with Crippen LogP contribution in [0.2, 0.25) is 0 Å². The van der Waals surface area contributed by atoms with E-state index in [0.29, 0.717) is 16.7 Å². The number of rotatable bonds is 4. The summed E-state index contributed by atoms with van der Waals surface area (Å²) in [5, 5.41) is 6.99. The maximum Gasteiger partial charge on any atom is 0.284 e. The van der Waals surface area contributed by atoms with Gasteiger partial charge in [-0.1, -0.05) is 18.1 Å². The lowest BCUT2D eigenvalue weighted by atomic mass is 10.3. The quantitative estimate of drug-likeness (QED) is 0.674. The Kier molecular flexibility index (Phi) is 4.32. The van der Waals surface area contributed by atoms with Crippen LogP contribution in [0.1, 0.15) is 6.92 Å². The second kappa shape index (κ2) is 5.52. The molecule has 0 atom stereocenters. The molecule has 1 aromatic rings. The smallest absolute Gasteiger partial charge is 0.284 e. The zero-order chi connectivity index (χ0) is 12.1. The topological polar surface area (TPSA) is 46.9 Å². The molecule has 1 rings (SSSR count). The molecule has 0 saturated carbocycles. The van der Waals surface area contributed by atoms with E-state index in [1.54, 1.807) is 6.20 Å². The van der Waals surface area contributed by atoms with Gasteiger partial charge in [0.15, 0.2) is 0 Å². The van der Waals surface area contributed by atoms with Crippen LogP contribution in [0.25, 0.3) is 0 Å². The van der Waals surface area contributed by atoms with Crippen LogP contribution in [0.3, 0.4) is 0 Å². The molecule has 0 amide bonds. The molecule has 0 aromatic carbocycles. The molecule has 1 heterocycles. The van der Waals surface area contributed by atoms with Crippen molar-refractivity contribution >= 4 is 21.6 Å². The van der Waals surface area contributed by atoms with Crippen LogP contribution in [0.5, 0.6) is 0 Å². The van der Waals surface area contributed by atoms with Gasteiger partial charge in [-0.25, -0.2) is 4.68 Å². The van der Waals surface area contributed by atoms with Crippen molar-refractivity contribution in [1.82, 2.24) is 9.78 Å². The van der Waals surface area contributed by atoms with E-state index in [-0.39, 0.29) is 12.1 Å². The molecule has 5 heteroatoms. The van der Waals surface area contributed by atoms with Crippen molar-refractivity contribution in [2.24, 2.45) is 0 Å². The summed E-state index contributed by atoms with van der Waals surface area (Å²) in [6.07, 6.45) is 6.68. The summed E-state index contributed by atoms with van der Waals surface area (Å²) < 4.78 is 1.65. The van der Waals surface area contributed by atoms with Crippen LogP contribution in [0, 0.1) is 12.3 Å². The number of anilines is 1. The number of nitrogens with zero attached hydrogens (tertiary/aromatic N) is 2. The van der Waals surface area contributed by atoms with Crippen molar-refractivity contribution in [1.29, 1.82) is 0 Å². The van der Waals surface area contributed by atoms with Gasteiger partial charge in [0.05, 0.1) is 11.9 Å². The van der Waals surface area contributed by atoms with Gasteiger partial charge in [0.1, 0.15) is 11.0 Å². The van der Waals surface area contributed by atoms with E-state index in [1.807, 2.05) is 6.92 Å². The number of terminal acetylenes is 1. The first-order chi connectivity index (χ1) is 7.56. The van der Waals surface area contributed by atoms with E-state index >= 15 is 0 Å². The molecule has 0 aliphatic heterocycles. The van der Waals surface area contributed by atoms with Crippen LogP contribution in [-0.2, 0) is 6.54 Å². The highest BCUT2D eigenvalue weighted by Gasteiger charge is 2.07. The van der Waals surface area contributed by atoms with Gasteiger partial charge >= 0.3 is 0 Å². The van der Waals surface area contributed by atoms with Gasteiger partial charge in [-0.3, -0.25) is 4.79 Å². The SMILES string of the molecule is C#CCn1ncc(NCC(=C)C)c(Br)c1=O. The van der Waals surface area contributed by atoms with E-state index in [0.717, 1.165) is 5.57 Å². The van der Waals surface area contributed by atoms with Gasteiger partial charge in [0.2, 0.25) is 0 Å². The van der Waals surface area contributed by atoms with Crippen molar-refractivity contribution in [2.75, 3.05) is 11.9 Å². The fourth-order valence-corrected chi connectivity index (χ4v) is 1.48. The summed E-state index contributed by atoms with van der Waals surface area (Å²) in [5.74, 6) is 2.37. The summed E-state index contributed by atoms with van der Waals surface area (Å²) in [5.41, 5.74) is 1.37. The molecule has 0 bridgehead atoms. The molecule has 1 aromatic heterocycles. The third kappa shape index (κ3) is 2.97. The molecule has 0 unspecified atom stereocenters. The summed E-state index contributed by atoms with van der Waals surface area (Å²) in [7, 11) is 0. The van der Waals surface area contributed by atoms with E-state index in [9.17, 15) is 4.79 Å². The minimum Gasteiger partial charge on any atom is -0.379 e. The lowest BCUT2D eigenvalue weighted by molar-refractivity contribution is 0.660. The standard InChI is InChI=1S/C11H12BrN3O/c1-4-5-15-11(16)10(12)9(7-14-15)13-6-8(2)3/h1,7,13H,2,5-6H2,3H3. The fraction of sp³-hybridized carbons (Fsp3) is 0.273. The largest absolute Gasteiger partial charge is 0.379 e. The molecule has 0 fully saturated rings.